The number of rotatable bonds is 4. The molecular weight excluding hydrogens is 354 g/mol. The minimum Gasteiger partial charge on any atom is -0.378 e. The van der Waals surface area contributed by atoms with Crippen molar-refractivity contribution in [3.05, 3.63) is 35.9 Å². The van der Waals surface area contributed by atoms with Crippen LogP contribution in [-0.4, -0.2) is 85.0 Å². The minimum absolute atomic E-state index is 0.0345. The molecule has 1 atom stereocenters. The molecule has 0 saturated carbocycles. The first-order valence-electron chi connectivity index (χ1n) is 10.4. The van der Waals surface area contributed by atoms with Gasteiger partial charge in [0.1, 0.15) is 0 Å². The van der Waals surface area contributed by atoms with Gasteiger partial charge in [-0.3, -0.25) is 14.5 Å². The van der Waals surface area contributed by atoms with Crippen molar-refractivity contribution in [3.63, 3.8) is 0 Å². The Kier molecular flexibility index (Phi) is 5.43. The number of ether oxygens (including phenoxy) is 1. The zero-order valence-electron chi connectivity index (χ0n) is 17.0. The van der Waals surface area contributed by atoms with E-state index in [1.165, 1.54) is 0 Å². The molecule has 4 rings (SSSR count). The standard InChI is InChI=1S/C22H31N3O3/c1-17(2)20(26)25-15-22(16-25,12-18-6-4-3-5-7-18)21(27)24-9-8-23-10-11-28-14-19(23)13-24/h3-7,17,19H,8-16H2,1-2H3. The number of carbonyl (C=O) groups excluding carboxylic acids is 2. The third kappa shape index (κ3) is 3.67. The number of carbonyl (C=O) groups is 2. The summed E-state index contributed by atoms with van der Waals surface area (Å²) in [6.07, 6.45) is 0.690. The summed E-state index contributed by atoms with van der Waals surface area (Å²) in [6.45, 7) is 9.75. The highest BCUT2D eigenvalue weighted by atomic mass is 16.5. The SMILES string of the molecule is CC(C)C(=O)N1CC(Cc2ccccc2)(C(=O)N2CCN3CCOCC3C2)C1. The van der Waals surface area contributed by atoms with Crippen LogP contribution < -0.4 is 0 Å². The van der Waals surface area contributed by atoms with E-state index in [0.29, 0.717) is 32.2 Å². The Morgan fingerprint density at radius 3 is 2.57 bits per heavy atom. The summed E-state index contributed by atoms with van der Waals surface area (Å²) in [5, 5.41) is 0. The first kappa shape index (κ1) is 19.4. The second-order valence-corrected chi connectivity index (χ2v) is 8.81. The molecule has 3 saturated heterocycles. The summed E-state index contributed by atoms with van der Waals surface area (Å²) < 4.78 is 5.63. The van der Waals surface area contributed by atoms with Gasteiger partial charge in [0.2, 0.25) is 11.8 Å². The summed E-state index contributed by atoms with van der Waals surface area (Å²) in [5.74, 6) is 0.309. The topological polar surface area (TPSA) is 53.1 Å². The molecule has 0 aliphatic carbocycles. The lowest BCUT2D eigenvalue weighted by Gasteiger charge is -2.53. The van der Waals surface area contributed by atoms with Gasteiger partial charge in [-0.15, -0.1) is 0 Å². The number of morpholine rings is 1. The van der Waals surface area contributed by atoms with Crippen molar-refractivity contribution in [1.29, 1.82) is 0 Å². The van der Waals surface area contributed by atoms with Crippen molar-refractivity contribution < 1.29 is 14.3 Å². The largest absolute Gasteiger partial charge is 0.378 e. The maximum absolute atomic E-state index is 13.6. The van der Waals surface area contributed by atoms with Gasteiger partial charge in [0.05, 0.1) is 24.7 Å². The van der Waals surface area contributed by atoms with E-state index in [9.17, 15) is 9.59 Å². The van der Waals surface area contributed by atoms with Gasteiger partial charge in [0.25, 0.3) is 0 Å². The number of benzene rings is 1. The Labute approximate surface area is 167 Å². The molecule has 3 heterocycles. The van der Waals surface area contributed by atoms with Crippen molar-refractivity contribution in [3.8, 4) is 0 Å². The minimum atomic E-state index is -0.496. The third-order valence-corrected chi connectivity index (χ3v) is 6.36. The monoisotopic (exact) mass is 385 g/mol. The molecule has 2 amide bonds. The van der Waals surface area contributed by atoms with Crippen LogP contribution in [-0.2, 0) is 20.7 Å². The summed E-state index contributed by atoms with van der Waals surface area (Å²) in [6, 6.07) is 10.5. The average Bonchev–Trinajstić information content (AvgIpc) is 2.69. The Morgan fingerprint density at radius 2 is 1.86 bits per heavy atom. The van der Waals surface area contributed by atoms with Crippen molar-refractivity contribution in [2.24, 2.45) is 11.3 Å². The van der Waals surface area contributed by atoms with Crippen LogP contribution in [0.3, 0.4) is 0 Å². The van der Waals surface area contributed by atoms with E-state index in [2.05, 4.69) is 17.0 Å². The van der Waals surface area contributed by atoms with Gasteiger partial charge < -0.3 is 14.5 Å². The number of amides is 2. The molecule has 1 unspecified atom stereocenters. The van der Waals surface area contributed by atoms with E-state index >= 15 is 0 Å². The Bertz CT molecular complexity index is 715. The molecule has 3 fully saturated rings. The summed E-state index contributed by atoms with van der Waals surface area (Å²) >= 11 is 0. The fraction of sp³-hybridized carbons (Fsp3) is 0.636. The summed E-state index contributed by atoms with van der Waals surface area (Å²) in [4.78, 5) is 32.4. The predicted octanol–water partition coefficient (Wildman–Crippen LogP) is 1.26. The van der Waals surface area contributed by atoms with Crippen molar-refractivity contribution in [2.45, 2.75) is 26.3 Å². The quantitative estimate of drug-likeness (QED) is 0.783. The van der Waals surface area contributed by atoms with E-state index in [0.717, 1.165) is 38.3 Å². The van der Waals surface area contributed by atoms with Crippen molar-refractivity contribution in [1.82, 2.24) is 14.7 Å². The molecule has 0 bridgehead atoms. The molecule has 0 radical (unpaired) electrons. The van der Waals surface area contributed by atoms with Crippen LogP contribution in [0.5, 0.6) is 0 Å². The Balaban J connectivity index is 1.50. The van der Waals surface area contributed by atoms with Crippen LogP contribution in [0.1, 0.15) is 19.4 Å². The molecule has 6 heteroatoms. The van der Waals surface area contributed by atoms with Gasteiger partial charge in [-0.05, 0) is 12.0 Å². The number of fused-ring (bicyclic) bond motifs is 1. The molecule has 6 nitrogen and oxygen atoms in total. The zero-order chi connectivity index (χ0) is 19.7. The van der Waals surface area contributed by atoms with Crippen LogP contribution >= 0.6 is 0 Å². The van der Waals surface area contributed by atoms with Crippen LogP contribution in [0.2, 0.25) is 0 Å². The highest BCUT2D eigenvalue weighted by Gasteiger charge is 2.53. The van der Waals surface area contributed by atoms with E-state index in [4.69, 9.17) is 4.74 Å². The van der Waals surface area contributed by atoms with Crippen LogP contribution in [0.15, 0.2) is 30.3 Å². The summed E-state index contributed by atoms with van der Waals surface area (Å²) in [5.41, 5.74) is 0.663. The van der Waals surface area contributed by atoms with Gasteiger partial charge in [0.15, 0.2) is 0 Å². The van der Waals surface area contributed by atoms with Crippen molar-refractivity contribution in [2.75, 3.05) is 52.5 Å². The zero-order valence-corrected chi connectivity index (χ0v) is 17.0. The maximum Gasteiger partial charge on any atom is 0.232 e. The molecule has 152 valence electrons. The van der Waals surface area contributed by atoms with E-state index < -0.39 is 5.41 Å². The van der Waals surface area contributed by atoms with E-state index in [1.807, 2.05) is 41.8 Å². The normalized spacial score (nSPS) is 24.6. The molecule has 3 aliphatic heterocycles. The Morgan fingerprint density at radius 1 is 1.11 bits per heavy atom. The lowest BCUT2D eigenvalue weighted by molar-refractivity contribution is -0.165. The van der Waals surface area contributed by atoms with Gasteiger partial charge >= 0.3 is 0 Å². The second kappa shape index (κ2) is 7.84. The molecule has 0 aromatic heterocycles. The Hall–Kier alpha value is -1.92. The fourth-order valence-electron chi connectivity index (χ4n) is 4.78. The highest BCUT2D eigenvalue weighted by molar-refractivity contribution is 5.88. The molecule has 1 aromatic carbocycles. The van der Waals surface area contributed by atoms with Crippen LogP contribution in [0, 0.1) is 11.3 Å². The molecule has 0 spiro atoms. The van der Waals surface area contributed by atoms with Crippen LogP contribution in [0.25, 0.3) is 0 Å². The van der Waals surface area contributed by atoms with Gasteiger partial charge in [0, 0.05) is 45.2 Å². The van der Waals surface area contributed by atoms with Gasteiger partial charge in [-0.1, -0.05) is 44.2 Å². The van der Waals surface area contributed by atoms with Gasteiger partial charge in [-0.2, -0.15) is 0 Å². The predicted molar refractivity (Wildman–Crippen MR) is 107 cm³/mol. The van der Waals surface area contributed by atoms with Gasteiger partial charge in [-0.25, -0.2) is 0 Å². The second-order valence-electron chi connectivity index (χ2n) is 8.81. The number of hydrogen-bond acceptors (Lipinski definition) is 4. The summed E-state index contributed by atoms with van der Waals surface area (Å²) in [7, 11) is 0. The fourth-order valence-corrected chi connectivity index (χ4v) is 4.78. The smallest absolute Gasteiger partial charge is 0.232 e. The number of piperazine rings is 1. The molecule has 0 N–H and O–H groups in total. The maximum atomic E-state index is 13.6. The van der Waals surface area contributed by atoms with E-state index in [1.54, 1.807) is 0 Å². The van der Waals surface area contributed by atoms with Crippen molar-refractivity contribution >= 4 is 11.8 Å². The third-order valence-electron chi connectivity index (χ3n) is 6.36. The number of nitrogens with zero attached hydrogens (tertiary/aromatic N) is 3. The first-order chi connectivity index (χ1) is 13.5. The number of likely N-dealkylation sites (tertiary alicyclic amines) is 1. The number of hydrogen-bond donors (Lipinski definition) is 0. The average molecular weight is 386 g/mol. The first-order valence-corrected chi connectivity index (χ1v) is 10.4. The van der Waals surface area contributed by atoms with Crippen LogP contribution in [0.4, 0.5) is 0 Å². The lowest BCUT2D eigenvalue weighted by Crippen LogP contribution is -2.69. The molecule has 1 aromatic rings. The highest BCUT2D eigenvalue weighted by Crippen LogP contribution is 2.38. The molecular formula is C22H31N3O3. The van der Waals surface area contributed by atoms with E-state index in [-0.39, 0.29) is 17.7 Å². The molecule has 3 aliphatic rings. The lowest BCUT2D eigenvalue weighted by atomic mass is 9.72. The molecule has 28 heavy (non-hydrogen) atoms.